The van der Waals surface area contributed by atoms with Gasteiger partial charge in [-0.15, -0.1) is 0 Å². The summed E-state index contributed by atoms with van der Waals surface area (Å²) < 4.78 is 0. The van der Waals surface area contributed by atoms with Crippen molar-refractivity contribution in [2.75, 3.05) is 0 Å². The van der Waals surface area contributed by atoms with Gasteiger partial charge in [-0.05, 0) is 13.3 Å². The molecule has 0 radical (unpaired) electrons. The maximum atomic E-state index is 10.3. The fourth-order valence-corrected chi connectivity index (χ4v) is 0.703. The third kappa shape index (κ3) is 4.33. The standard InChI is InChI=1S/C8H13NO2/c1-3-4-6(2)5-7(9)8(10)11/h3-4,7H,1,5,9H2,2H3,(H,10,11). The van der Waals surface area contributed by atoms with E-state index < -0.39 is 12.0 Å². The summed E-state index contributed by atoms with van der Waals surface area (Å²) >= 11 is 0. The number of aliphatic carboxylic acids is 1. The summed E-state index contributed by atoms with van der Waals surface area (Å²) in [6, 6.07) is -0.800. The molecule has 0 rings (SSSR count). The summed E-state index contributed by atoms with van der Waals surface area (Å²) in [6.45, 7) is 5.31. The molecule has 0 bridgehead atoms. The van der Waals surface area contributed by atoms with Gasteiger partial charge in [0.1, 0.15) is 6.04 Å². The molecule has 1 atom stereocenters. The molecule has 0 amide bonds. The molecule has 0 aliphatic rings. The van der Waals surface area contributed by atoms with E-state index in [0.717, 1.165) is 5.57 Å². The van der Waals surface area contributed by atoms with Gasteiger partial charge in [-0.25, -0.2) is 0 Å². The molecular weight excluding hydrogens is 142 g/mol. The zero-order valence-electron chi connectivity index (χ0n) is 6.58. The Morgan fingerprint density at radius 2 is 2.36 bits per heavy atom. The van der Waals surface area contributed by atoms with Gasteiger partial charge in [0, 0.05) is 0 Å². The molecule has 1 unspecified atom stereocenters. The smallest absolute Gasteiger partial charge is 0.320 e. The fourth-order valence-electron chi connectivity index (χ4n) is 0.703. The summed E-state index contributed by atoms with van der Waals surface area (Å²) in [5.74, 6) is -0.971. The van der Waals surface area contributed by atoms with E-state index in [0.29, 0.717) is 6.42 Å². The number of carboxylic acids is 1. The highest BCUT2D eigenvalue weighted by Crippen LogP contribution is 2.02. The van der Waals surface area contributed by atoms with Gasteiger partial charge >= 0.3 is 5.97 Å². The van der Waals surface area contributed by atoms with Crippen LogP contribution in [0.1, 0.15) is 13.3 Å². The van der Waals surface area contributed by atoms with Gasteiger partial charge in [0.05, 0.1) is 0 Å². The minimum absolute atomic E-state index is 0.376. The first kappa shape index (κ1) is 9.91. The minimum atomic E-state index is -0.971. The number of hydrogen-bond donors (Lipinski definition) is 2. The Morgan fingerprint density at radius 3 is 2.73 bits per heavy atom. The van der Waals surface area contributed by atoms with Crippen molar-refractivity contribution < 1.29 is 9.90 Å². The Morgan fingerprint density at radius 1 is 1.82 bits per heavy atom. The number of nitrogens with two attached hydrogens (primary N) is 1. The van der Waals surface area contributed by atoms with Crippen molar-refractivity contribution in [2.24, 2.45) is 5.73 Å². The lowest BCUT2D eigenvalue weighted by Crippen LogP contribution is -2.30. The monoisotopic (exact) mass is 155 g/mol. The fraction of sp³-hybridized carbons (Fsp3) is 0.375. The van der Waals surface area contributed by atoms with Gasteiger partial charge in [0.2, 0.25) is 0 Å². The highest BCUT2D eigenvalue weighted by atomic mass is 16.4. The van der Waals surface area contributed by atoms with Crippen LogP contribution < -0.4 is 5.73 Å². The normalized spacial score (nSPS) is 14.2. The van der Waals surface area contributed by atoms with Crippen LogP contribution >= 0.6 is 0 Å². The second-order valence-corrected chi connectivity index (χ2v) is 2.40. The van der Waals surface area contributed by atoms with Crippen LogP contribution in [0.25, 0.3) is 0 Å². The van der Waals surface area contributed by atoms with E-state index in [1.54, 1.807) is 12.2 Å². The van der Waals surface area contributed by atoms with Crippen LogP contribution in [0.5, 0.6) is 0 Å². The Balaban J connectivity index is 3.94. The van der Waals surface area contributed by atoms with Gasteiger partial charge in [-0.2, -0.15) is 0 Å². The van der Waals surface area contributed by atoms with Crippen molar-refractivity contribution in [3.05, 3.63) is 24.3 Å². The number of hydrogen-bond acceptors (Lipinski definition) is 2. The molecule has 3 nitrogen and oxygen atoms in total. The molecular formula is C8H13NO2. The molecule has 11 heavy (non-hydrogen) atoms. The van der Waals surface area contributed by atoms with Crippen molar-refractivity contribution in [3.63, 3.8) is 0 Å². The molecule has 0 aliphatic heterocycles. The van der Waals surface area contributed by atoms with Crippen LogP contribution in [0.2, 0.25) is 0 Å². The first-order chi connectivity index (χ1) is 5.07. The predicted octanol–water partition coefficient (Wildman–Crippen LogP) is 0.921. The topological polar surface area (TPSA) is 63.3 Å². The van der Waals surface area contributed by atoms with Gasteiger partial charge in [-0.3, -0.25) is 4.79 Å². The molecule has 0 aromatic carbocycles. The third-order valence-corrected chi connectivity index (χ3v) is 1.26. The van der Waals surface area contributed by atoms with Gasteiger partial charge in [0.15, 0.2) is 0 Å². The second-order valence-electron chi connectivity index (χ2n) is 2.40. The molecule has 0 aromatic heterocycles. The Kier molecular flexibility index (Phi) is 4.22. The largest absolute Gasteiger partial charge is 0.480 e. The van der Waals surface area contributed by atoms with Gasteiger partial charge in [-0.1, -0.05) is 24.3 Å². The summed E-state index contributed by atoms with van der Waals surface area (Å²) in [6.07, 6.45) is 3.74. The van der Waals surface area contributed by atoms with E-state index in [-0.39, 0.29) is 0 Å². The van der Waals surface area contributed by atoms with Crippen LogP contribution in [-0.2, 0) is 4.79 Å². The lowest BCUT2D eigenvalue weighted by atomic mass is 10.1. The van der Waals surface area contributed by atoms with Crippen molar-refractivity contribution >= 4 is 5.97 Å². The van der Waals surface area contributed by atoms with Gasteiger partial charge in [0.25, 0.3) is 0 Å². The zero-order valence-corrected chi connectivity index (χ0v) is 6.58. The zero-order chi connectivity index (χ0) is 8.85. The number of carbonyl (C=O) groups is 1. The average Bonchev–Trinajstić information content (AvgIpc) is 1.87. The Labute approximate surface area is 66.2 Å². The SMILES string of the molecule is C=CC=C(C)CC(N)C(=O)O. The van der Waals surface area contributed by atoms with E-state index in [1.807, 2.05) is 6.92 Å². The quantitative estimate of drug-likeness (QED) is 0.593. The van der Waals surface area contributed by atoms with E-state index in [9.17, 15) is 4.79 Å². The van der Waals surface area contributed by atoms with Crippen LogP contribution in [0.15, 0.2) is 24.3 Å². The first-order valence-electron chi connectivity index (χ1n) is 3.34. The Bertz CT molecular complexity index is 185. The van der Waals surface area contributed by atoms with Crippen molar-refractivity contribution in [3.8, 4) is 0 Å². The molecule has 0 aliphatic carbocycles. The second kappa shape index (κ2) is 4.68. The highest BCUT2D eigenvalue weighted by Gasteiger charge is 2.10. The van der Waals surface area contributed by atoms with Crippen LogP contribution in [0.4, 0.5) is 0 Å². The molecule has 0 spiro atoms. The number of carboxylic acid groups (broad SMARTS) is 1. The van der Waals surface area contributed by atoms with Crippen LogP contribution in [0.3, 0.4) is 0 Å². The van der Waals surface area contributed by atoms with E-state index in [4.69, 9.17) is 10.8 Å². The van der Waals surface area contributed by atoms with Crippen LogP contribution in [0, 0.1) is 0 Å². The average molecular weight is 155 g/mol. The number of rotatable bonds is 4. The Hall–Kier alpha value is -1.09. The summed E-state index contributed by atoms with van der Waals surface area (Å²) in [4.78, 5) is 10.3. The molecule has 0 saturated heterocycles. The van der Waals surface area contributed by atoms with Crippen molar-refractivity contribution in [1.29, 1.82) is 0 Å². The minimum Gasteiger partial charge on any atom is -0.480 e. The van der Waals surface area contributed by atoms with E-state index >= 15 is 0 Å². The molecule has 62 valence electrons. The molecule has 0 fully saturated rings. The summed E-state index contributed by atoms with van der Waals surface area (Å²) in [5.41, 5.74) is 6.20. The maximum Gasteiger partial charge on any atom is 0.320 e. The van der Waals surface area contributed by atoms with E-state index in [1.165, 1.54) is 0 Å². The molecule has 0 saturated carbocycles. The maximum absolute atomic E-state index is 10.3. The van der Waals surface area contributed by atoms with Crippen LogP contribution in [-0.4, -0.2) is 17.1 Å². The summed E-state index contributed by atoms with van der Waals surface area (Å²) in [7, 11) is 0. The van der Waals surface area contributed by atoms with Gasteiger partial charge < -0.3 is 10.8 Å². The lowest BCUT2D eigenvalue weighted by Gasteiger charge is -2.04. The molecule has 3 heteroatoms. The molecule has 3 N–H and O–H groups in total. The van der Waals surface area contributed by atoms with Crippen molar-refractivity contribution in [1.82, 2.24) is 0 Å². The number of allylic oxidation sites excluding steroid dienone is 2. The first-order valence-corrected chi connectivity index (χ1v) is 3.34. The van der Waals surface area contributed by atoms with Crippen molar-refractivity contribution in [2.45, 2.75) is 19.4 Å². The molecule has 0 aromatic rings. The molecule has 0 heterocycles. The summed E-state index contributed by atoms with van der Waals surface area (Å²) in [5, 5.41) is 8.42. The predicted molar refractivity (Wildman–Crippen MR) is 44.2 cm³/mol. The third-order valence-electron chi connectivity index (χ3n) is 1.26. The lowest BCUT2D eigenvalue weighted by molar-refractivity contribution is -0.138. The highest BCUT2D eigenvalue weighted by molar-refractivity contribution is 5.73. The van der Waals surface area contributed by atoms with E-state index in [2.05, 4.69) is 6.58 Å².